The predicted molar refractivity (Wildman–Crippen MR) is 185 cm³/mol. The number of hydrogen-bond acceptors (Lipinski definition) is 10. The zero-order chi connectivity index (χ0) is 35.6. The topological polar surface area (TPSA) is 182 Å². The van der Waals surface area contributed by atoms with E-state index in [1.54, 1.807) is 36.7 Å². The third-order valence-corrected chi connectivity index (χ3v) is 9.02. The molecule has 0 bridgehead atoms. The summed E-state index contributed by atoms with van der Waals surface area (Å²) in [6.45, 7) is 4.74. The Kier molecular flexibility index (Phi) is 12.4. The van der Waals surface area contributed by atoms with Gasteiger partial charge < -0.3 is 10.6 Å². The highest BCUT2D eigenvalue weighted by Gasteiger charge is 2.45. The molecule has 2 fully saturated rings. The normalized spacial score (nSPS) is 19.3. The van der Waals surface area contributed by atoms with Crippen LogP contribution in [-0.2, 0) is 14.4 Å². The Balaban J connectivity index is 0.982. The van der Waals surface area contributed by atoms with Gasteiger partial charge in [0, 0.05) is 56.5 Å². The largest absolute Gasteiger partial charge is 0.384 e. The molecule has 15 heteroatoms. The minimum atomic E-state index is -1.38. The van der Waals surface area contributed by atoms with Crippen molar-refractivity contribution < 1.29 is 28.4 Å². The Morgan fingerprint density at radius 2 is 1.90 bits per heavy atom. The van der Waals surface area contributed by atoms with Crippen molar-refractivity contribution in [3.8, 4) is 0 Å². The Hall–Kier alpha value is -5.05. The molecule has 266 valence electrons. The third-order valence-electron chi connectivity index (χ3n) is 9.02. The van der Waals surface area contributed by atoms with Gasteiger partial charge in [0.1, 0.15) is 6.04 Å². The molecule has 0 saturated carbocycles. The van der Waals surface area contributed by atoms with E-state index >= 15 is 0 Å². The van der Waals surface area contributed by atoms with Crippen LogP contribution in [0.1, 0.15) is 90.6 Å². The number of nitrogens with one attached hydrogen (secondary N) is 4. The fourth-order valence-corrected chi connectivity index (χ4v) is 6.31. The van der Waals surface area contributed by atoms with Crippen molar-refractivity contribution in [2.75, 3.05) is 38.0 Å². The quantitative estimate of drug-likeness (QED) is 0.0682. The number of benzene rings is 1. The Morgan fingerprint density at radius 1 is 1.12 bits per heavy atom. The third kappa shape index (κ3) is 8.94. The number of anilines is 1. The summed E-state index contributed by atoms with van der Waals surface area (Å²) in [7, 11) is 0. The van der Waals surface area contributed by atoms with E-state index in [0.717, 1.165) is 37.3 Å². The molecule has 2 saturated heterocycles. The highest BCUT2D eigenvalue weighted by molar-refractivity contribution is 6.36. The number of imide groups is 2. The maximum Gasteiger partial charge on any atom is 0.264 e. The number of hydrogen-bond donors (Lipinski definition) is 4. The fourth-order valence-electron chi connectivity index (χ4n) is 6.31. The molecule has 0 radical (unpaired) electrons. The van der Waals surface area contributed by atoms with E-state index in [0.29, 0.717) is 43.7 Å². The van der Waals surface area contributed by atoms with E-state index in [2.05, 4.69) is 30.9 Å². The number of aromatic nitrogens is 2. The lowest BCUT2D eigenvalue weighted by atomic mass is 10.0. The SMILES string of the molecule is CC/C=C\CC(F)/N=C\C(=N)c1cnn(C2CCN(CC(=O)NCCCCNc3cccc4c3C(=O)N(C3CCC(=O)NC3=O)C4=O)CC2)c1. The molecule has 0 aliphatic carbocycles. The number of carbonyl (C=O) groups excluding carboxylic acids is 5. The molecule has 2 atom stereocenters. The van der Waals surface area contributed by atoms with Gasteiger partial charge in [-0.3, -0.25) is 54.2 Å². The van der Waals surface area contributed by atoms with Crippen LogP contribution in [0.2, 0.25) is 0 Å². The molecular formula is C35H44FN9O5. The average Bonchev–Trinajstić information content (AvgIpc) is 3.69. The minimum absolute atomic E-state index is 0.0552. The number of rotatable bonds is 16. The lowest BCUT2D eigenvalue weighted by molar-refractivity contribution is -0.136. The maximum atomic E-state index is 13.9. The summed E-state index contributed by atoms with van der Waals surface area (Å²) in [5.74, 6) is -2.23. The second-order valence-electron chi connectivity index (χ2n) is 12.6. The molecule has 5 rings (SSSR count). The van der Waals surface area contributed by atoms with Crippen molar-refractivity contribution in [1.29, 1.82) is 5.41 Å². The summed E-state index contributed by atoms with van der Waals surface area (Å²) in [6, 6.07) is 4.08. The predicted octanol–water partition coefficient (Wildman–Crippen LogP) is 3.02. The van der Waals surface area contributed by atoms with Crippen LogP contribution in [0.25, 0.3) is 0 Å². The van der Waals surface area contributed by atoms with Crippen molar-refractivity contribution in [2.24, 2.45) is 4.99 Å². The summed E-state index contributed by atoms with van der Waals surface area (Å²) < 4.78 is 15.7. The standard InChI is InChI=1S/C35H44FN9O5/c1-2-3-4-10-29(36)40-20-26(37)23-19-41-44(21-23)24-13-17-43(18-14-24)22-31(47)39-16-6-5-15-38-27-9-7-8-25-32(27)35(50)45(34(25)49)28-11-12-30(46)42-33(28)48/h3-4,7-9,19-21,24,28-29,37-38H,2,5-6,10-18,22H2,1H3,(H,39,47)(H,42,46,48)/b4-3-,37-26?,40-20-. The summed E-state index contributed by atoms with van der Waals surface area (Å²) in [4.78, 5) is 69.6. The van der Waals surface area contributed by atoms with Crippen molar-refractivity contribution in [3.05, 3.63) is 59.4 Å². The summed E-state index contributed by atoms with van der Waals surface area (Å²) in [6.07, 6.45) is 11.1. The summed E-state index contributed by atoms with van der Waals surface area (Å²) >= 11 is 0. The van der Waals surface area contributed by atoms with Gasteiger partial charge in [-0.1, -0.05) is 25.1 Å². The number of unbranched alkanes of at least 4 members (excludes halogenated alkanes) is 1. The van der Waals surface area contributed by atoms with Gasteiger partial charge in [0.05, 0.1) is 41.8 Å². The van der Waals surface area contributed by atoms with Crippen molar-refractivity contribution in [2.45, 2.75) is 76.7 Å². The zero-order valence-corrected chi connectivity index (χ0v) is 28.2. The van der Waals surface area contributed by atoms with E-state index < -0.39 is 36.0 Å². The number of allylic oxidation sites excluding steroid dienone is 1. The zero-order valence-electron chi connectivity index (χ0n) is 28.2. The Morgan fingerprint density at radius 3 is 2.66 bits per heavy atom. The van der Waals surface area contributed by atoms with Crippen LogP contribution in [-0.4, -0.2) is 106 Å². The molecule has 5 amide bonds. The first-order valence-electron chi connectivity index (χ1n) is 17.2. The van der Waals surface area contributed by atoms with Crippen LogP contribution in [0.15, 0.2) is 47.7 Å². The highest BCUT2D eigenvalue weighted by atomic mass is 19.1. The van der Waals surface area contributed by atoms with Crippen LogP contribution in [0.5, 0.6) is 0 Å². The van der Waals surface area contributed by atoms with Gasteiger partial charge in [0.15, 0.2) is 6.30 Å². The number of piperidine rings is 2. The smallest absolute Gasteiger partial charge is 0.264 e. The van der Waals surface area contributed by atoms with Crippen LogP contribution in [0.4, 0.5) is 10.1 Å². The molecule has 3 aliphatic rings. The maximum absolute atomic E-state index is 13.9. The van der Waals surface area contributed by atoms with Crippen LogP contribution >= 0.6 is 0 Å². The summed E-state index contributed by atoms with van der Waals surface area (Å²) in [5, 5.41) is 21.0. The van der Waals surface area contributed by atoms with E-state index in [4.69, 9.17) is 5.41 Å². The molecule has 2 aromatic rings. The van der Waals surface area contributed by atoms with Crippen LogP contribution in [0.3, 0.4) is 0 Å². The lowest BCUT2D eigenvalue weighted by Crippen LogP contribution is -2.54. The second kappa shape index (κ2) is 17.1. The number of carbonyl (C=O) groups is 5. The number of alkyl halides is 1. The summed E-state index contributed by atoms with van der Waals surface area (Å²) in [5.41, 5.74) is 1.63. The molecule has 50 heavy (non-hydrogen) atoms. The number of aliphatic imine (C=N–C) groups is 1. The number of halogens is 1. The van der Waals surface area contributed by atoms with Gasteiger partial charge in [-0.25, -0.2) is 4.39 Å². The van der Waals surface area contributed by atoms with Gasteiger partial charge in [-0.2, -0.15) is 5.10 Å². The number of amides is 5. The van der Waals surface area contributed by atoms with Crippen LogP contribution < -0.4 is 16.0 Å². The number of nitrogens with zero attached hydrogens (tertiary/aromatic N) is 5. The molecule has 4 N–H and O–H groups in total. The number of likely N-dealkylation sites (tertiary alicyclic amines) is 1. The first-order valence-corrected chi connectivity index (χ1v) is 17.2. The first kappa shape index (κ1) is 36.2. The highest BCUT2D eigenvalue weighted by Crippen LogP contribution is 2.32. The first-order chi connectivity index (χ1) is 24.2. The molecule has 3 aliphatic heterocycles. The van der Waals surface area contributed by atoms with E-state index in [1.165, 1.54) is 6.21 Å². The lowest BCUT2D eigenvalue weighted by Gasteiger charge is -2.31. The fraction of sp³-hybridized carbons (Fsp3) is 0.486. The van der Waals surface area contributed by atoms with Gasteiger partial charge in [0.2, 0.25) is 17.7 Å². The number of fused-ring (bicyclic) bond motifs is 1. The monoisotopic (exact) mass is 689 g/mol. The molecule has 1 aromatic carbocycles. The Bertz CT molecular complexity index is 1660. The van der Waals surface area contributed by atoms with Gasteiger partial charge in [-0.05, 0) is 50.7 Å². The molecule has 0 spiro atoms. The molecular weight excluding hydrogens is 645 g/mol. The van der Waals surface area contributed by atoms with Gasteiger partial charge in [0.25, 0.3) is 11.8 Å². The molecule has 2 unspecified atom stereocenters. The molecule has 4 heterocycles. The molecule has 14 nitrogen and oxygen atoms in total. The van der Waals surface area contributed by atoms with E-state index in [9.17, 15) is 28.4 Å². The molecule has 1 aromatic heterocycles. The van der Waals surface area contributed by atoms with Crippen molar-refractivity contribution >= 4 is 47.1 Å². The van der Waals surface area contributed by atoms with Gasteiger partial charge >= 0.3 is 0 Å². The van der Waals surface area contributed by atoms with E-state index in [-0.39, 0.29) is 48.1 Å². The van der Waals surface area contributed by atoms with Crippen LogP contribution in [0, 0.1) is 5.41 Å². The van der Waals surface area contributed by atoms with Gasteiger partial charge in [-0.15, -0.1) is 0 Å². The van der Waals surface area contributed by atoms with E-state index in [1.807, 2.05) is 17.7 Å². The second-order valence-corrected chi connectivity index (χ2v) is 12.6. The average molecular weight is 690 g/mol. The van der Waals surface area contributed by atoms with Crippen molar-refractivity contribution in [3.63, 3.8) is 0 Å². The van der Waals surface area contributed by atoms with Crippen molar-refractivity contribution in [1.82, 2.24) is 30.2 Å². The minimum Gasteiger partial charge on any atom is -0.384 e. The Labute approximate surface area is 290 Å².